The number of rotatable bonds is 4. The lowest BCUT2D eigenvalue weighted by atomic mass is 9.50. The van der Waals surface area contributed by atoms with Crippen molar-refractivity contribution in [1.82, 2.24) is 0 Å². The molecule has 20 heavy (non-hydrogen) atoms. The Balaban J connectivity index is 1.55. The molecule has 0 amide bonds. The molecule has 0 aromatic rings. The monoisotopic (exact) mass is 295 g/mol. The predicted molar refractivity (Wildman–Crippen MR) is 87.9 cm³/mol. The molecule has 3 aliphatic rings. The molecule has 0 spiro atoms. The molecule has 0 aromatic heterocycles. The van der Waals surface area contributed by atoms with Gasteiger partial charge in [-0.3, -0.25) is 10.7 Å². The van der Waals surface area contributed by atoms with E-state index in [9.17, 15) is 0 Å². The molecule has 0 radical (unpaired) electrons. The average Bonchev–Trinajstić information content (AvgIpc) is 2.62. The van der Waals surface area contributed by atoms with E-state index in [4.69, 9.17) is 5.73 Å². The van der Waals surface area contributed by atoms with Crippen molar-refractivity contribution in [3.63, 3.8) is 0 Å². The highest BCUT2D eigenvalue weighted by Gasteiger charge is 2.50. The number of thiol groups is 1. The van der Waals surface area contributed by atoms with Crippen LogP contribution in [0.15, 0.2) is 0 Å². The van der Waals surface area contributed by atoms with Gasteiger partial charge in [0, 0.05) is 6.42 Å². The molecule has 2 nitrogen and oxygen atoms in total. The highest BCUT2D eigenvalue weighted by molar-refractivity contribution is 7.80. The zero-order chi connectivity index (χ0) is 13.9. The first-order chi connectivity index (χ1) is 9.79. The highest BCUT2D eigenvalue weighted by Crippen LogP contribution is 2.57. The summed E-state index contributed by atoms with van der Waals surface area (Å²) in [5.74, 6) is 6.24. The Hall–Kier alpha value is -0.180. The fourth-order valence-electron chi connectivity index (χ4n) is 5.28. The van der Waals surface area contributed by atoms with Gasteiger partial charge in [0.25, 0.3) is 0 Å². The molecule has 3 heteroatoms. The number of nitrogens with two attached hydrogens (primary N) is 1. The largest absolute Gasteiger partial charge is 0.291 e. The Bertz CT molecular complexity index is 333. The van der Waals surface area contributed by atoms with Gasteiger partial charge in [-0.05, 0) is 74.4 Å². The van der Waals surface area contributed by atoms with Crippen molar-refractivity contribution in [3.05, 3.63) is 0 Å². The van der Waals surface area contributed by atoms with Crippen LogP contribution >= 0.6 is 12.6 Å². The Morgan fingerprint density at radius 2 is 1.45 bits per heavy atom. The summed E-state index contributed by atoms with van der Waals surface area (Å²) in [5, 5.41) is 0. The zero-order valence-corrected chi connectivity index (χ0v) is 13.6. The fraction of sp³-hybridized carbons (Fsp3) is 0.941. The summed E-state index contributed by atoms with van der Waals surface area (Å²) in [4.78, 5) is 3.60. The molecule has 0 saturated heterocycles. The minimum atomic E-state index is 0.641. The summed E-state index contributed by atoms with van der Waals surface area (Å²) >= 11 is 4.26. The van der Waals surface area contributed by atoms with E-state index in [-0.39, 0.29) is 0 Å². The van der Waals surface area contributed by atoms with E-state index in [1.165, 1.54) is 51.4 Å². The number of nitrogens with one attached hydrogen (secondary N) is 1. The third kappa shape index (κ3) is 3.03. The normalized spacial score (nSPS) is 41.2. The van der Waals surface area contributed by atoms with Crippen molar-refractivity contribution in [2.75, 3.05) is 5.75 Å². The van der Waals surface area contributed by atoms with Crippen LogP contribution in [-0.2, 0) is 0 Å². The first-order valence-electron chi connectivity index (χ1n) is 8.78. The maximum Gasteiger partial charge on any atom is 0.240 e. The number of hydrogen-bond acceptors (Lipinski definition) is 1. The van der Waals surface area contributed by atoms with Crippen molar-refractivity contribution in [2.24, 2.45) is 29.4 Å². The van der Waals surface area contributed by atoms with Crippen LogP contribution in [0.3, 0.4) is 0 Å². The molecule has 0 aliphatic heterocycles. The smallest absolute Gasteiger partial charge is 0.240 e. The van der Waals surface area contributed by atoms with Gasteiger partial charge in [0.2, 0.25) is 5.84 Å². The third-order valence-electron chi connectivity index (χ3n) is 6.22. The quantitative estimate of drug-likeness (QED) is 0.415. The third-order valence-corrected chi connectivity index (χ3v) is 6.53. The Morgan fingerprint density at radius 3 is 2.00 bits per heavy atom. The first kappa shape index (κ1) is 14.7. The standard InChI is InChI=1S/C17H30N2S/c18-17(6-3-11-20)19-12-7-9-15-13-4-1-2-5-14(13)16(15)10-8-12/h12-16,20H,1-11H2,(H2,18,19)/p+1. The molecule has 3 fully saturated rings. The molecule has 3 rings (SSSR count). The van der Waals surface area contributed by atoms with Gasteiger partial charge < -0.3 is 0 Å². The van der Waals surface area contributed by atoms with Gasteiger partial charge in [-0.1, -0.05) is 12.8 Å². The summed E-state index contributed by atoms with van der Waals surface area (Å²) in [6.45, 7) is 0. The lowest BCUT2D eigenvalue weighted by Crippen LogP contribution is -2.81. The van der Waals surface area contributed by atoms with Gasteiger partial charge in [-0.25, -0.2) is 0 Å². The van der Waals surface area contributed by atoms with Crippen LogP contribution < -0.4 is 10.7 Å². The number of hydrogen-bond donors (Lipinski definition) is 3. The molecular formula is C17H31N2S+. The second-order valence-electron chi connectivity index (χ2n) is 7.29. The van der Waals surface area contributed by atoms with Crippen LogP contribution in [0, 0.1) is 23.7 Å². The maximum atomic E-state index is 6.12. The van der Waals surface area contributed by atoms with Crippen LogP contribution in [0.25, 0.3) is 0 Å². The van der Waals surface area contributed by atoms with Crippen LogP contribution in [0.2, 0.25) is 0 Å². The van der Waals surface area contributed by atoms with Gasteiger partial charge in [-0.2, -0.15) is 12.6 Å². The summed E-state index contributed by atoms with van der Waals surface area (Å²) < 4.78 is 0. The molecule has 0 aromatic carbocycles. The van der Waals surface area contributed by atoms with Crippen molar-refractivity contribution in [2.45, 2.75) is 70.3 Å². The van der Waals surface area contributed by atoms with Gasteiger partial charge in [0.05, 0.1) is 6.04 Å². The minimum Gasteiger partial charge on any atom is -0.291 e. The van der Waals surface area contributed by atoms with E-state index in [1.807, 2.05) is 0 Å². The van der Waals surface area contributed by atoms with Crippen LogP contribution in [-0.4, -0.2) is 17.6 Å². The first-order valence-corrected chi connectivity index (χ1v) is 9.41. The molecule has 4 unspecified atom stereocenters. The van der Waals surface area contributed by atoms with E-state index in [0.717, 1.165) is 48.1 Å². The molecule has 0 bridgehead atoms. The van der Waals surface area contributed by atoms with E-state index in [1.54, 1.807) is 0 Å². The Kier molecular flexibility index (Phi) is 4.95. The van der Waals surface area contributed by atoms with Crippen molar-refractivity contribution in [1.29, 1.82) is 0 Å². The van der Waals surface area contributed by atoms with E-state index < -0.39 is 0 Å². The van der Waals surface area contributed by atoms with Crippen LogP contribution in [0.5, 0.6) is 0 Å². The van der Waals surface area contributed by atoms with Gasteiger partial charge >= 0.3 is 0 Å². The average molecular weight is 296 g/mol. The number of amidine groups is 1. The fourth-order valence-corrected chi connectivity index (χ4v) is 5.44. The summed E-state index contributed by atoms with van der Waals surface area (Å²) in [6, 6.07) is 0.641. The second kappa shape index (κ2) is 6.72. The van der Waals surface area contributed by atoms with Crippen molar-refractivity contribution in [3.8, 4) is 0 Å². The van der Waals surface area contributed by atoms with Gasteiger partial charge in [0.15, 0.2) is 0 Å². The topological polar surface area (TPSA) is 40.0 Å². The number of fused-ring (bicyclic) bond motifs is 4. The SMILES string of the molecule is NC(CCCS)=[NH+]C1CCC2C3CCCCC3C2CC1. The summed E-state index contributed by atoms with van der Waals surface area (Å²) in [7, 11) is 0. The molecule has 0 heterocycles. The molecule has 3 N–H and O–H groups in total. The molecule has 4 atom stereocenters. The zero-order valence-electron chi connectivity index (χ0n) is 12.7. The lowest BCUT2D eigenvalue weighted by Gasteiger charge is -2.55. The molecule has 114 valence electrons. The van der Waals surface area contributed by atoms with E-state index >= 15 is 0 Å². The van der Waals surface area contributed by atoms with Crippen molar-refractivity contribution >= 4 is 18.5 Å². The van der Waals surface area contributed by atoms with E-state index in [0.29, 0.717) is 6.04 Å². The molecule has 3 saturated carbocycles. The highest BCUT2D eigenvalue weighted by atomic mass is 32.1. The van der Waals surface area contributed by atoms with Crippen LogP contribution in [0.1, 0.15) is 64.2 Å². The van der Waals surface area contributed by atoms with Gasteiger partial charge in [-0.15, -0.1) is 0 Å². The van der Waals surface area contributed by atoms with Gasteiger partial charge in [0.1, 0.15) is 0 Å². The maximum absolute atomic E-state index is 6.12. The van der Waals surface area contributed by atoms with E-state index in [2.05, 4.69) is 17.6 Å². The van der Waals surface area contributed by atoms with Crippen molar-refractivity contribution < 1.29 is 4.99 Å². The molecular weight excluding hydrogens is 264 g/mol. The second-order valence-corrected chi connectivity index (χ2v) is 7.74. The predicted octanol–water partition coefficient (Wildman–Crippen LogP) is 2.13. The Labute approximate surface area is 129 Å². The lowest BCUT2D eigenvalue weighted by molar-refractivity contribution is -0.507. The summed E-state index contributed by atoms with van der Waals surface area (Å²) in [6.07, 6.45) is 13.7. The minimum absolute atomic E-state index is 0.641. The summed E-state index contributed by atoms with van der Waals surface area (Å²) in [5.41, 5.74) is 6.12. The Morgan fingerprint density at radius 1 is 0.900 bits per heavy atom. The molecule has 3 aliphatic carbocycles. The van der Waals surface area contributed by atoms with Crippen LogP contribution in [0.4, 0.5) is 0 Å².